The second-order valence-electron chi connectivity index (χ2n) is 9.49. The van der Waals surface area contributed by atoms with Crippen molar-refractivity contribution >= 4 is 29.8 Å². The van der Waals surface area contributed by atoms with E-state index in [0.29, 0.717) is 49.7 Å². The first kappa shape index (κ1) is 26.9. The first-order chi connectivity index (χ1) is 18.2. The number of ether oxygens (including phenoxy) is 3. The Morgan fingerprint density at radius 2 is 1.89 bits per heavy atom. The minimum atomic E-state index is -1.16. The third kappa shape index (κ3) is 6.22. The van der Waals surface area contributed by atoms with Crippen LogP contribution >= 0.6 is 0 Å². The topological polar surface area (TPSA) is 136 Å². The van der Waals surface area contributed by atoms with E-state index in [4.69, 9.17) is 19.3 Å². The largest absolute Gasteiger partial charge is 0.507 e. The van der Waals surface area contributed by atoms with Crippen molar-refractivity contribution in [3.63, 3.8) is 0 Å². The maximum Gasteiger partial charge on any atom is 0.342 e. The minimum absolute atomic E-state index is 0.0492. The molecule has 2 N–H and O–H groups in total. The van der Waals surface area contributed by atoms with Gasteiger partial charge in [-0.3, -0.25) is 9.59 Å². The van der Waals surface area contributed by atoms with Gasteiger partial charge in [0.25, 0.3) is 0 Å². The highest BCUT2D eigenvalue weighted by molar-refractivity contribution is 5.98. The third-order valence-corrected chi connectivity index (χ3v) is 6.62. The number of carbonyl (C=O) groups excluding carboxylic acids is 3. The summed E-state index contributed by atoms with van der Waals surface area (Å²) in [6.45, 7) is 1.15. The second kappa shape index (κ2) is 11.9. The molecule has 4 rings (SSSR count). The molecule has 9 heteroatoms. The zero-order valence-electron chi connectivity index (χ0n) is 21.1. The van der Waals surface area contributed by atoms with Crippen LogP contribution in [0.25, 0.3) is 6.08 Å². The van der Waals surface area contributed by atoms with Gasteiger partial charge in [0.05, 0.1) is 12.5 Å². The molecule has 0 aromatic heterocycles. The van der Waals surface area contributed by atoms with Gasteiger partial charge in [-0.2, -0.15) is 0 Å². The number of esters is 2. The highest BCUT2D eigenvalue weighted by atomic mass is 16.5. The summed E-state index contributed by atoms with van der Waals surface area (Å²) in [7, 11) is 0. The monoisotopic (exact) mass is 522 g/mol. The van der Waals surface area contributed by atoms with Gasteiger partial charge >= 0.3 is 17.9 Å². The van der Waals surface area contributed by atoms with Crippen LogP contribution in [0.15, 0.2) is 36.4 Å². The second-order valence-corrected chi connectivity index (χ2v) is 9.49. The molecule has 0 unspecified atom stereocenters. The maximum atomic E-state index is 13.3. The highest BCUT2D eigenvalue weighted by Gasteiger charge is 2.36. The molecule has 2 aromatic rings. The number of para-hydroxylation sites is 1. The molecule has 9 nitrogen and oxygen atoms in total. The van der Waals surface area contributed by atoms with Crippen molar-refractivity contribution in [1.82, 2.24) is 0 Å². The molecule has 0 spiro atoms. The van der Waals surface area contributed by atoms with Crippen LogP contribution in [0.4, 0.5) is 0 Å². The molecule has 0 saturated heterocycles. The molecule has 0 aliphatic carbocycles. The average molecular weight is 523 g/mol. The average Bonchev–Trinajstić information content (AvgIpc) is 2.86. The predicted molar refractivity (Wildman–Crippen MR) is 136 cm³/mol. The lowest BCUT2D eigenvalue weighted by atomic mass is 9.83. The molecule has 2 aliphatic heterocycles. The number of carboxylic acid groups (broad SMARTS) is 1. The van der Waals surface area contributed by atoms with E-state index in [2.05, 4.69) is 0 Å². The molecule has 0 bridgehead atoms. The van der Waals surface area contributed by atoms with Gasteiger partial charge in [0, 0.05) is 29.9 Å². The van der Waals surface area contributed by atoms with Crippen molar-refractivity contribution in [2.45, 2.75) is 63.9 Å². The number of carboxylic acids is 1. The van der Waals surface area contributed by atoms with E-state index in [1.165, 1.54) is 6.07 Å². The molecule has 2 aromatic carbocycles. The Bertz CT molecular complexity index is 1280. The zero-order chi connectivity index (χ0) is 27.2. The lowest BCUT2D eigenvalue weighted by molar-refractivity contribution is -0.139. The summed E-state index contributed by atoms with van der Waals surface area (Å²) in [5.41, 5.74) is 0.974. The zero-order valence-corrected chi connectivity index (χ0v) is 21.1. The van der Waals surface area contributed by atoms with Crippen molar-refractivity contribution in [2.75, 3.05) is 6.61 Å². The van der Waals surface area contributed by atoms with Crippen LogP contribution in [0.3, 0.4) is 0 Å². The molecule has 0 saturated carbocycles. The Hall–Kier alpha value is -4.14. The summed E-state index contributed by atoms with van der Waals surface area (Å²) in [4.78, 5) is 49.1. The number of hydrogen-bond donors (Lipinski definition) is 2. The number of phenols is 1. The number of carbonyl (C=O) groups is 4. The molecular formula is C29H30O9. The molecule has 0 amide bonds. The smallest absolute Gasteiger partial charge is 0.342 e. The van der Waals surface area contributed by atoms with Crippen LogP contribution in [0.1, 0.15) is 84.8 Å². The van der Waals surface area contributed by atoms with E-state index in [1.54, 1.807) is 43.3 Å². The quantitative estimate of drug-likeness (QED) is 0.429. The van der Waals surface area contributed by atoms with E-state index >= 15 is 0 Å². The van der Waals surface area contributed by atoms with E-state index < -0.39 is 36.5 Å². The highest BCUT2D eigenvalue weighted by Crippen LogP contribution is 2.48. The van der Waals surface area contributed by atoms with Gasteiger partial charge in [0.15, 0.2) is 6.61 Å². The van der Waals surface area contributed by atoms with E-state index in [9.17, 15) is 24.3 Å². The van der Waals surface area contributed by atoms with E-state index in [-0.39, 0.29) is 40.6 Å². The van der Waals surface area contributed by atoms with Gasteiger partial charge in [-0.15, -0.1) is 0 Å². The fourth-order valence-electron chi connectivity index (χ4n) is 4.82. The molecular weight excluding hydrogens is 492 g/mol. The Morgan fingerprint density at radius 3 is 2.68 bits per heavy atom. The SMILES string of the molecule is C[C@@H]1CCCC(=O)CCCC=Cc2cc3c(c(O)c2C(=O)O1)[C@@H](c1ccccc1OCC(=O)O)CC(=O)O3. The van der Waals surface area contributed by atoms with Gasteiger partial charge in [-0.1, -0.05) is 30.4 Å². The Morgan fingerprint density at radius 1 is 1.13 bits per heavy atom. The molecule has 2 aliphatic rings. The molecule has 2 atom stereocenters. The lowest BCUT2D eigenvalue weighted by Crippen LogP contribution is -2.24. The van der Waals surface area contributed by atoms with Crippen molar-refractivity contribution in [1.29, 1.82) is 0 Å². The Balaban J connectivity index is 1.81. The number of rotatable bonds is 4. The van der Waals surface area contributed by atoms with Crippen molar-refractivity contribution in [2.24, 2.45) is 0 Å². The van der Waals surface area contributed by atoms with E-state index in [0.717, 1.165) is 0 Å². The Labute approximate surface area is 220 Å². The summed E-state index contributed by atoms with van der Waals surface area (Å²) in [5.74, 6) is -3.05. The fourth-order valence-corrected chi connectivity index (χ4v) is 4.82. The number of phenolic OH excluding ortho intramolecular Hbond substituents is 1. The number of benzene rings is 2. The summed E-state index contributed by atoms with van der Waals surface area (Å²) in [6, 6.07) is 8.16. The van der Waals surface area contributed by atoms with Crippen LogP contribution < -0.4 is 9.47 Å². The predicted octanol–water partition coefficient (Wildman–Crippen LogP) is 4.78. The molecule has 38 heavy (non-hydrogen) atoms. The van der Waals surface area contributed by atoms with Crippen LogP contribution in [-0.4, -0.2) is 46.6 Å². The molecule has 2 heterocycles. The van der Waals surface area contributed by atoms with Gasteiger partial charge in [0.1, 0.15) is 28.6 Å². The van der Waals surface area contributed by atoms with Crippen molar-refractivity contribution < 1.29 is 43.6 Å². The van der Waals surface area contributed by atoms with Gasteiger partial charge < -0.3 is 24.4 Å². The minimum Gasteiger partial charge on any atom is -0.507 e. The van der Waals surface area contributed by atoms with Crippen molar-refractivity contribution in [3.05, 3.63) is 58.7 Å². The number of cyclic esters (lactones) is 1. The first-order valence-electron chi connectivity index (χ1n) is 12.7. The first-order valence-corrected chi connectivity index (χ1v) is 12.7. The fraction of sp³-hybridized carbons (Fsp3) is 0.379. The van der Waals surface area contributed by atoms with Gasteiger partial charge in [-0.05, 0) is 50.3 Å². The summed E-state index contributed by atoms with van der Waals surface area (Å²) < 4.78 is 16.6. The Kier molecular flexibility index (Phi) is 8.45. The third-order valence-electron chi connectivity index (χ3n) is 6.62. The maximum absolute atomic E-state index is 13.3. The van der Waals surface area contributed by atoms with Crippen LogP contribution in [0.2, 0.25) is 0 Å². The van der Waals surface area contributed by atoms with E-state index in [1.807, 2.05) is 0 Å². The summed E-state index contributed by atoms with van der Waals surface area (Å²) in [6.07, 6.45) is 6.06. The van der Waals surface area contributed by atoms with Crippen LogP contribution in [0.5, 0.6) is 17.2 Å². The van der Waals surface area contributed by atoms with Crippen LogP contribution in [-0.2, 0) is 19.1 Å². The van der Waals surface area contributed by atoms with Gasteiger partial charge in [0.2, 0.25) is 0 Å². The molecule has 0 radical (unpaired) electrons. The summed E-state index contributed by atoms with van der Waals surface area (Å²) >= 11 is 0. The van der Waals surface area contributed by atoms with Crippen LogP contribution in [0, 0.1) is 0 Å². The molecule has 0 fully saturated rings. The molecule has 200 valence electrons. The number of allylic oxidation sites excluding steroid dienone is 1. The normalized spacial score (nSPS) is 20.4. The van der Waals surface area contributed by atoms with Crippen molar-refractivity contribution in [3.8, 4) is 17.2 Å². The number of aliphatic carboxylic acids is 1. The number of ketones is 1. The standard InChI is InChI=1S/C29H30O9/c1-17-8-7-11-19(30)10-4-2-3-9-18-14-23-27(28(34)26(18)29(35)37-17)21(15-25(33)38-23)20-12-5-6-13-22(20)36-16-24(31)32/h3,5-6,9,12-14,17,21,34H,2,4,7-8,10-11,15-16H2,1H3,(H,31,32)/t17-,21-/m1/s1. The van der Waals surface area contributed by atoms with Gasteiger partial charge in [-0.25, -0.2) is 9.59 Å². The number of fused-ring (bicyclic) bond motifs is 2. The number of hydrogen-bond acceptors (Lipinski definition) is 8. The lowest BCUT2D eigenvalue weighted by Gasteiger charge is -2.28. The summed E-state index contributed by atoms with van der Waals surface area (Å²) in [5, 5.41) is 20.6. The number of Topliss-reactive ketones (excluding diaryl/α,β-unsaturated/α-hetero) is 1. The number of aromatic hydroxyl groups is 1.